The Bertz CT molecular complexity index is 498. The second-order valence-electron chi connectivity index (χ2n) is 4.32. The predicted molar refractivity (Wildman–Crippen MR) is 57.3 cm³/mol. The van der Waals surface area contributed by atoms with E-state index in [4.69, 9.17) is 0 Å². The van der Waals surface area contributed by atoms with Crippen LogP contribution in [0, 0.1) is 17.0 Å². The molecule has 0 aromatic carbocycles. The maximum Gasteiger partial charge on any atom is 0.411 e. The Morgan fingerprint density at radius 3 is 2.50 bits per heavy atom. The highest BCUT2D eigenvalue weighted by Gasteiger charge is 2.63. The van der Waals surface area contributed by atoms with Gasteiger partial charge in [0.1, 0.15) is 17.6 Å². The summed E-state index contributed by atoms with van der Waals surface area (Å²) in [4.78, 5) is 13.5. The number of nitrogens with zero attached hydrogens (tertiary/aromatic N) is 2. The molecule has 0 saturated heterocycles. The summed E-state index contributed by atoms with van der Waals surface area (Å²) < 4.78 is 38.2. The summed E-state index contributed by atoms with van der Waals surface area (Å²) in [7, 11) is 0. The molecule has 1 aliphatic carbocycles. The van der Waals surface area contributed by atoms with Crippen molar-refractivity contribution in [3.8, 4) is 0 Å². The molecular weight excluding hydrogens is 251 g/mol. The SMILES string of the molecule is Cc1cc([N+](=O)[O-])cnc1NC1(C(F)(F)F)CC1. The van der Waals surface area contributed by atoms with Crippen molar-refractivity contribution in [1.82, 2.24) is 4.98 Å². The molecular formula is C10H10F3N3O2. The minimum Gasteiger partial charge on any atom is -0.356 e. The van der Waals surface area contributed by atoms with Gasteiger partial charge >= 0.3 is 6.18 Å². The van der Waals surface area contributed by atoms with Crippen molar-refractivity contribution < 1.29 is 18.1 Å². The molecule has 0 unspecified atom stereocenters. The summed E-state index contributed by atoms with van der Waals surface area (Å²) in [5.41, 5.74) is -1.84. The van der Waals surface area contributed by atoms with Gasteiger partial charge in [0.2, 0.25) is 0 Å². The Kier molecular flexibility index (Phi) is 2.67. The molecule has 1 N–H and O–H groups in total. The molecule has 0 atom stereocenters. The molecule has 0 bridgehead atoms. The van der Waals surface area contributed by atoms with Crippen molar-refractivity contribution in [3.63, 3.8) is 0 Å². The molecule has 2 rings (SSSR count). The van der Waals surface area contributed by atoms with Gasteiger partial charge < -0.3 is 5.32 Å². The first kappa shape index (κ1) is 12.6. The largest absolute Gasteiger partial charge is 0.411 e. The number of aryl methyl sites for hydroxylation is 1. The topological polar surface area (TPSA) is 68.1 Å². The molecule has 18 heavy (non-hydrogen) atoms. The number of alkyl halides is 3. The molecule has 1 aliphatic rings. The van der Waals surface area contributed by atoms with Crippen LogP contribution in [0.5, 0.6) is 0 Å². The lowest BCUT2D eigenvalue weighted by molar-refractivity contribution is -0.385. The van der Waals surface area contributed by atoms with Gasteiger partial charge in [0.05, 0.1) is 4.92 Å². The first-order valence-electron chi connectivity index (χ1n) is 5.21. The van der Waals surface area contributed by atoms with Crippen LogP contribution in [0.4, 0.5) is 24.7 Å². The summed E-state index contributed by atoms with van der Waals surface area (Å²) in [6.45, 7) is 1.48. The van der Waals surface area contributed by atoms with E-state index in [1.54, 1.807) is 0 Å². The second kappa shape index (κ2) is 3.82. The minimum atomic E-state index is -4.34. The summed E-state index contributed by atoms with van der Waals surface area (Å²) in [5.74, 6) is 0.0374. The number of hydrogen-bond acceptors (Lipinski definition) is 4. The van der Waals surface area contributed by atoms with E-state index in [9.17, 15) is 23.3 Å². The maximum absolute atomic E-state index is 12.7. The molecule has 1 fully saturated rings. The predicted octanol–water partition coefficient (Wildman–Crippen LogP) is 2.81. The van der Waals surface area contributed by atoms with Gasteiger partial charge in [-0.1, -0.05) is 0 Å². The van der Waals surface area contributed by atoms with Gasteiger partial charge in [-0.25, -0.2) is 4.98 Å². The van der Waals surface area contributed by atoms with E-state index in [2.05, 4.69) is 10.3 Å². The molecule has 1 saturated carbocycles. The molecule has 98 valence electrons. The van der Waals surface area contributed by atoms with Crippen molar-refractivity contribution in [2.75, 3.05) is 5.32 Å². The number of halogens is 3. The van der Waals surface area contributed by atoms with Crippen molar-refractivity contribution in [3.05, 3.63) is 27.9 Å². The summed E-state index contributed by atoms with van der Waals surface area (Å²) >= 11 is 0. The fourth-order valence-electron chi connectivity index (χ4n) is 1.62. The molecule has 5 nitrogen and oxygen atoms in total. The van der Waals surface area contributed by atoms with Crippen LogP contribution in [0.25, 0.3) is 0 Å². The zero-order valence-corrected chi connectivity index (χ0v) is 9.41. The molecule has 1 aromatic heterocycles. The number of aromatic nitrogens is 1. The number of pyridine rings is 1. The van der Waals surface area contributed by atoms with E-state index in [-0.39, 0.29) is 24.3 Å². The van der Waals surface area contributed by atoms with Gasteiger partial charge in [0, 0.05) is 6.07 Å². The van der Waals surface area contributed by atoms with Gasteiger partial charge in [-0.05, 0) is 25.3 Å². The van der Waals surface area contributed by atoms with Crippen LogP contribution < -0.4 is 5.32 Å². The third-order valence-corrected chi connectivity index (χ3v) is 2.92. The van der Waals surface area contributed by atoms with Gasteiger partial charge in [-0.2, -0.15) is 13.2 Å². The molecule has 0 aliphatic heterocycles. The van der Waals surface area contributed by atoms with Crippen LogP contribution in [-0.2, 0) is 0 Å². The number of nitrogens with one attached hydrogen (secondary N) is 1. The summed E-state index contributed by atoms with van der Waals surface area (Å²) in [6.07, 6.45) is -3.41. The Hall–Kier alpha value is -1.86. The third-order valence-electron chi connectivity index (χ3n) is 2.92. The van der Waals surface area contributed by atoms with Gasteiger partial charge in [0.25, 0.3) is 5.69 Å². The monoisotopic (exact) mass is 261 g/mol. The summed E-state index contributed by atoms with van der Waals surface area (Å²) in [6, 6.07) is 1.20. The first-order valence-corrected chi connectivity index (χ1v) is 5.21. The van der Waals surface area contributed by atoms with E-state index >= 15 is 0 Å². The smallest absolute Gasteiger partial charge is 0.356 e. The van der Waals surface area contributed by atoms with Crippen molar-refractivity contribution in [2.45, 2.75) is 31.5 Å². The molecule has 0 radical (unpaired) electrons. The summed E-state index contributed by atoms with van der Waals surface area (Å²) in [5, 5.41) is 12.8. The lowest BCUT2D eigenvalue weighted by atomic mass is 10.2. The average Bonchev–Trinajstić information content (AvgIpc) is 3.01. The highest BCUT2D eigenvalue weighted by molar-refractivity contribution is 5.51. The van der Waals surface area contributed by atoms with E-state index in [0.29, 0.717) is 5.56 Å². The van der Waals surface area contributed by atoms with Crippen LogP contribution in [0.1, 0.15) is 18.4 Å². The Labute approximate surface area is 100 Å². The van der Waals surface area contributed by atoms with Crippen LogP contribution in [0.15, 0.2) is 12.3 Å². The zero-order chi connectivity index (χ0) is 13.6. The highest BCUT2D eigenvalue weighted by atomic mass is 19.4. The first-order chi connectivity index (χ1) is 8.25. The van der Waals surface area contributed by atoms with Crippen molar-refractivity contribution in [1.29, 1.82) is 0 Å². The Balaban J connectivity index is 2.24. The Morgan fingerprint density at radius 2 is 2.11 bits per heavy atom. The molecule has 0 spiro atoms. The van der Waals surface area contributed by atoms with Crippen molar-refractivity contribution in [2.24, 2.45) is 0 Å². The van der Waals surface area contributed by atoms with E-state index in [0.717, 1.165) is 6.20 Å². The number of rotatable bonds is 3. The number of anilines is 1. The normalized spacial score (nSPS) is 17.3. The molecule has 0 amide bonds. The number of nitro groups is 1. The molecule has 1 heterocycles. The molecule has 1 aromatic rings. The average molecular weight is 261 g/mol. The zero-order valence-electron chi connectivity index (χ0n) is 9.41. The lowest BCUT2D eigenvalue weighted by Gasteiger charge is -2.22. The van der Waals surface area contributed by atoms with Crippen molar-refractivity contribution >= 4 is 11.5 Å². The van der Waals surface area contributed by atoms with Crippen LogP contribution in [0.2, 0.25) is 0 Å². The fraction of sp³-hybridized carbons (Fsp3) is 0.500. The standard InChI is InChI=1S/C10H10F3N3O2/c1-6-4-7(16(17)18)5-14-8(6)15-9(2-3-9)10(11,12)13/h4-5H,2-3H2,1H3,(H,14,15). The van der Waals surface area contributed by atoms with Gasteiger partial charge in [-0.15, -0.1) is 0 Å². The molecule has 8 heteroatoms. The van der Waals surface area contributed by atoms with E-state index in [1.807, 2.05) is 0 Å². The van der Waals surface area contributed by atoms with Crippen LogP contribution in [0.3, 0.4) is 0 Å². The quantitative estimate of drug-likeness (QED) is 0.671. The van der Waals surface area contributed by atoms with Gasteiger partial charge in [-0.3, -0.25) is 10.1 Å². The van der Waals surface area contributed by atoms with Crippen LogP contribution in [-0.4, -0.2) is 21.6 Å². The van der Waals surface area contributed by atoms with Gasteiger partial charge in [0.15, 0.2) is 0 Å². The minimum absolute atomic E-state index is 0.00535. The highest BCUT2D eigenvalue weighted by Crippen LogP contribution is 2.51. The van der Waals surface area contributed by atoms with Crippen LogP contribution >= 0.6 is 0 Å². The van der Waals surface area contributed by atoms with E-state index in [1.165, 1.54) is 13.0 Å². The third kappa shape index (κ3) is 2.09. The maximum atomic E-state index is 12.7. The fourth-order valence-corrected chi connectivity index (χ4v) is 1.62. The Morgan fingerprint density at radius 1 is 1.50 bits per heavy atom. The second-order valence-corrected chi connectivity index (χ2v) is 4.32. The number of hydrogen-bond donors (Lipinski definition) is 1. The lowest BCUT2D eigenvalue weighted by Crippen LogP contribution is -2.39. The van der Waals surface area contributed by atoms with E-state index < -0.39 is 16.6 Å².